The summed E-state index contributed by atoms with van der Waals surface area (Å²) in [6.45, 7) is 3.37. The number of phenolic OH excluding ortho intramolecular Hbond substituents is 1. The van der Waals surface area contributed by atoms with Crippen molar-refractivity contribution in [2.75, 3.05) is 19.6 Å². The Morgan fingerprint density at radius 3 is 2.39 bits per heavy atom. The molecule has 0 radical (unpaired) electrons. The van der Waals surface area contributed by atoms with E-state index in [0.29, 0.717) is 5.75 Å². The molecular weight excluding hydrogens is 282 g/mol. The van der Waals surface area contributed by atoms with Crippen LogP contribution in [0.5, 0.6) is 5.75 Å². The zero-order valence-corrected chi connectivity index (χ0v) is 13.6. The average Bonchev–Trinajstić information content (AvgIpc) is 2.61. The van der Waals surface area contributed by atoms with Crippen LogP contribution >= 0.6 is 0 Å². The topological polar surface area (TPSA) is 23.5 Å². The van der Waals surface area contributed by atoms with Crippen molar-refractivity contribution in [1.82, 2.24) is 4.90 Å². The van der Waals surface area contributed by atoms with Gasteiger partial charge in [-0.2, -0.15) is 0 Å². The van der Waals surface area contributed by atoms with E-state index in [2.05, 4.69) is 41.3 Å². The Kier molecular flexibility index (Phi) is 5.49. The summed E-state index contributed by atoms with van der Waals surface area (Å²) in [4.78, 5) is 2.54. The molecule has 0 aliphatic carbocycles. The number of hydrogen-bond acceptors (Lipinski definition) is 2. The van der Waals surface area contributed by atoms with Gasteiger partial charge in [-0.15, -0.1) is 0 Å². The summed E-state index contributed by atoms with van der Waals surface area (Å²) < 4.78 is 0. The molecule has 2 nitrogen and oxygen atoms in total. The van der Waals surface area contributed by atoms with E-state index in [1.165, 1.54) is 42.5 Å². The first kappa shape index (κ1) is 15.8. The molecule has 0 fully saturated rings. The number of aromatic hydroxyl groups is 1. The molecule has 2 aromatic carbocycles. The van der Waals surface area contributed by atoms with Crippen molar-refractivity contribution in [2.24, 2.45) is 0 Å². The van der Waals surface area contributed by atoms with Gasteiger partial charge in [0.1, 0.15) is 5.75 Å². The van der Waals surface area contributed by atoms with Crippen LogP contribution < -0.4 is 0 Å². The molecule has 0 aromatic heterocycles. The van der Waals surface area contributed by atoms with Gasteiger partial charge in [0.05, 0.1) is 0 Å². The normalized spacial score (nSPS) is 15.4. The van der Waals surface area contributed by atoms with Gasteiger partial charge in [0.15, 0.2) is 0 Å². The van der Waals surface area contributed by atoms with Gasteiger partial charge in [-0.05, 0) is 61.1 Å². The molecule has 1 N–H and O–H groups in total. The molecule has 1 aliphatic rings. The summed E-state index contributed by atoms with van der Waals surface area (Å²) in [6.07, 6.45) is 7.14. The van der Waals surface area contributed by atoms with Crippen molar-refractivity contribution in [2.45, 2.75) is 25.7 Å². The van der Waals surface area contributed by atoms with Crippen LogP contribution in [0.4, 0.5) is 0 Å². The highest BCUT2D eigenvalue weighted by molar-refractivity contribution is 5.67. The number of aryl methyl sites for hydroxylation is 1. The standard InChI is InChI=1S/C21H25NO/c23-21-11-9-19(10-12-21)20-13-16-22(17-14-20)15-5-4-8-18-6-2-1-3-7-18/h1-3,6-7,9-13,23H,4-5,8,14-17H2. The maximum atomic E-state index is 9.37. The van der Waals surface area contributed by atoms with Crippen molar-refractivity contribution in [3.05, 3.63) is 71.8 Å². The van der Waals surface area contributed by atoms with Crippen molar-refractivity contribution < 1.29 is 5.11 Å². The van der Waals surface area contributed by atoms with Crippen molar-refractivity contribution in [1.29, 1.82) is 0 Å². The summed E-state index contributed by atoms with van der Waals surface area (Å²) in [6, 6.07) is 18.3. The van der Waals surface area contributed by atoms with E-state index in [9.17, 15) is 5.11 Å². The second-order valence-electron chi connectivity index (χ2n) is 6.27. The number of benzene rings is 2. The van der Waals surface area contributed by atoms with Gasteiger partial charge in [0.25, 0.3) is 0 Å². The third-order valence-corrected chi connectivity index (χ3v) is 4.56. The largest absolute Gasteiger partial charge is 0.508 e. The van der Waals surface area contributed by atoms with Crippen LogP contribution in [-0.2, 0) is 6.42 Å². The highest BCUT2D eigenvalue weighted by atomic mass is 16.3. The van der Waals surface area contributed by atoms with Gasteiger partial charge in [-0.1, -0.05) is 48.5 Å². The Morgan fingerprint density at radius 1 is 0.913 bits per heavy atom. The number of unbranched alkanes of at least 4 members (excludes halogenated alkanes) is 1. The monoisotopic (exact) mass is 307 g/mol. The molecule has 1 heterocycles. The van der Waals surface area contributed by atoms with Crippen LogP contribution in [0.15, 0.2) is 60.7 Å². The lowest BCUT2D eigenvalue weighted by Gasteiger charge is -2.26. The van der Waals surface area contributed by atoms with E-state index < -0.39 is 0 Å². The minimum Gasteiger partial charge on any atom is -0.508 e. The fraction of sp³-hybridized carbons (Fsp3) is 0.333. The Hall–Kier alpha value is -2.06. The third kappa shape index (κ3) is 4.70. The van der Waals surface area contributed by atoms with Crippen LogP contribution in [-0.4, -0.2) is 29.6 Å². The molecule has 0 atom stereocenters. The number of phenols is 1. The molecule has 1 aliphatic heterocycles. The molecule has 23 heavy (non-hydrogen) atoms. The van der Waals surface area contributed by atoms with Gasteiger partial charge in [0, 0.05) is 13.1 Å². The molecule has 3 rings (SSSR count). The average molecular weight is 307 g/mol. The number of rotatable bonds is 6. The van der Waals surface area contributed by atoms with E-state index in [1.54, 1.807) is 12.1 Å². The van der Waals surface area contributed by atoms with Crippen LogP contribution in [0.1, 0.15) is 30.4 Å². The number of nitrogens with zero attached hydrogens (tertiary/aromatic N) is 1. The minimum absolute atomic E-state index is 0.338. The quantitative estimate of drug-likeness (QED) is 0.794. The summed E-state index contributed by atoms with van der Waals surface area (Å²) in [5.74, 6) is 0.338. The fourth-order valence-corrected chi connectivity index (χ4v) is 3.16. The highest BCUT2D eigenvalue weighted by Gasteiger charge is 2.12. The molecule has 0 saturated carbocycles. The van der Waals surface area contributed by atoms with Gasteiger partial charge in [0.2, 0.25) is 0 Å². The maximum Gasteiger partial charge on any atom is 0.115 e. The Balaban J connectivity index is 1.41. The lowest BCUT2D eigenvalue weighted by atomic mass is 9.99. The molecule has 0 unspecified atom stereocenters. The highest BCUT2D eigenvalue weighted by Crippen LogP contribution is 2.24. The second-order valence-corrected chi connectivity index (χ2v) is 6.27. The predicted octanol–water partition coefficient (Wildman–Crippen LogP) is 4.50. The first-order chi connectivity index (χ1) is 11.3. The van der Waals surface area contributed by atoms with Gasteiger partial charge in [-0.25, -0.2) is 0 Å². The second kappa shape index (κ2) is 7.98. The van der Waals surface area contributed by atoms with Gasteiger partial charge in [-0.3, -0.25) is 4.90 Å². The fourth-order valence-electron chi connectivity index (χ4n) is 3.16. The van der Waals surface area contributed by atoms with Crippen molar-refractivity contribution in [3.63, 3.8) is 0 Å². The SMILES string of the molecule is Oc1ccc(C2=CCN(CCCCc3ccccc3)CC2)cc1. The van der Waals surface area contributed by atoms with Crippen LogP contribution in [0.2, 0.25) is 0 Å². The molecule has 0 amide bonds. The van der Waals surface area contributed by atoms with Crippen LogP contribution in [0.25, 0.3) is 5.57 Å². The van der Waals surface area contributed by atoms with E-state index in [4.69, 9.17) is 0 Å². The summed E-state index contributed by atoms with van der Waals surface area (Å²) in [7, 11) is 0. The van der Waals surface area contributed by atoms with Gasteiger partial charge >= 0.3 is 0 Å². The molecule has 0 bridgehead atoms. The number of hydrogen-bond donors (Lipinski definition) is 1. The molecule has 2 heteroatoms. The smallest absolute Gasteiger partial charge is 0.115 e. The molecule has 0 saturated heterocycles. The lowest BCUT2D eigenvalue weighted by Crippen LogP contribution is -2.29. The van der Waals surface area contributed by atoms with Crippen LogP contribution in [0, 0.1) is 0 Å². The van der Waals surface area contributed by atoms with Gasteiger partial charge < -0.3 is 5.11 Å². The van der Waals surface area contributed by atoms with E-state index in [1.807, 2.05) is 12.1 Å². The maximum absolute atomic E-state index is 9.37. The minimum atomic E-state index is 0.338. The van der Waals surface area contributed by atoms with E-state index >= 15 is 0 Å². The van der Waals surface area contributed by atoms with Crippen LogP contribution in [0.3, 0.4) is 0 Å². The lowest BCUT2D eigenvalue weighted by molar-refractivity contribution is 0.295. The molecule has 2 aromatic rings. The zero-order chi connectivity index (χ0) is 15.9. The Morgan fingerprint density at radius 2 is 1.70 bits per heavy atom. The van der Waals surface area contributed by atoms with Crippen molar-refractivity contribution in [3.8, 4) is 5.75 Å². The first-order valence-electron chi connectivity index (χ1n) is 8.56. The molecule has 0 spiro atoms. The van der Waals surface area contributed by atoms with E-state index in [0.717, 1.165) is 19.5 Å². The first-order valence-corrected chi connectivity index (χ1v) is 8.56. The molecule has 120 valence electrons. The summed E-state index contributed by atoms with van der Waals surface area (Å²) >= 11 is 0. The summed E-state index contributed by atoms with van der Waals surface area (Å²) in [5, 5.41) is 9.37. The van der Waals surface area contributed by atoms with Crippen molar-refractivity contribution >= 4 is 5.57 Å². The predicted molar refractivity (Wildman–Crippen MR) is 96.5 cm³/mol. The van der Waals surface area contributed by atoms with E-state index in [-0.39, 0.29) is 0 Å². The molecular formula is C21H25NO. The Bertz CT molecular complexity index is 631. The summed E-state index contributed by atoms with van der Waals surface area (Å²) in [5.41, 5.74) is 4.10. The zero-order valence-electron chi connectivity index (χ0n) is 13.6. The third-order valence-electron chi connectivity index (χ3n) is 4.56. The Labute approximate surface area is 139 Å².